The van der Waals surface area contributed by atoms with Gasteiger partial charge < -0.3 is 31.3 Å². The molecule has 1 aromatic carbocycles. The second-order valence-electron chi connectivity index (χ2n) is 11.7. The second-order valence-corrected chi connectivity index (χ2v) is 12.1. The molecule has 5 N–H and O–H groups in total. The van der Waals surface area contributed by atoms with E-state index in [1.807, 2.05) is 6.07 Å². The van der Waals surface area contributed by atoms with Gasteiger partial charge >= 0.3 is 0 Å². The molecule has 0 unspecified atom stereocenters. The van der Waals surface area contributed by atoms with Crippen molar-refractivity contribution in [3.8, 4) is 28.4 Å². The molecular weight excluding hydrogens is 642 g/mol. The fourth-order valence-corrected chi connectivity index (χ4v) is 6.14. The first-order valence-electron chi connectivity index (χ1n) is 15.7. The van der Waals surface area contributed by atoms with Gasteiger partial charge in [-0.3, -0.25) is 14.6 Å². The van der Waals surface area contributed by atoms with Gasteiger partial charge in [-0.05, 0) is 43.2 Å². The number of rotatable bonds is 13. The summed E-state index contributed by atoms with van der Waals surface area (Å²) in [6, 6.07) is 11.7. The number of ether oxygens (including phenoxy) is 1. The highest BCUT2D eigenvalue weighted by molar-refractivity contribution is 6.35. The molecule has 0 spiro atoms. The van der Waals surface area contributed by atoms with Crippen molar-refractivity contribution in [2.75, 3.05) is 25.5 Å². The molecular formula is C34H35ClF2N8O3. The van der Waals surface area contributed by atoms with Crippen molar-refractivity contribution < 1.29 is 23.1 Å². The van der Waals surface area contributed by atoms with E-state index < -0.39 is 11.6 Å². The van der Waals surface area contributed by atoms with Crippen molar-refractivity contribution >= 4 is 34.9 Å². The zero-order chi connectivity index (χ0) is 33.6. The maximum absolute atomic E-state index is 16.0. The topological polar surface area (TPSA) is 142 Å². The van der Waals surface area contributed by atoms with Gasteiger partial charge in [0.1, 0.15) is 0 Å². The Morgan fingerprint density at radius 2 is 1.54 bits per heavy atom. The quantitative estimate of drug-likeness (QED) is 0.137. The SMILES string of the molecule is COc1nc(-c2ccnc(-c3cccc(Nc4nccc(CNC[C@@H]5CCC(=O)N5)c4F)c3F)c2Cl)ccc1CNC[C@@H]1CCC(=O)N1. The van der Waals surface area contributed by atoms with Crippen LogP contribution in [0, 0.1) is 11.6 Å². The smallest absolute Gasteiger partial charge is 0.220 e. The summed E-state index contributed by atoms with van der Waals surface area (Å²) < 4.78 is 37.0. The van der Waals surface area contributed by atoms with Crippen LogP contribution < -0.4 is 31.3 Å². The maximum atomic E-state index is 16.0. The van der Waals surface area contributed by atoms with Gasteiger partial charge in [-0.15, -0.1) is 0 Å². The van der Waals surface area contributed by atoms with Crippen LogP contribution in [-0.2, 0) is 22.7 Å². The molecule has 48 heavy (non-hydrogen) atoms. The summed E-state index contributed by atoms with van der Waals surface area (Å²) in [5, 5.41) is 15.3. The van der Waals surface area contributed by atoms with Crippen molar-refractivity contribution in [2.45, 2.75) is 50.9 Å². The zero-order valence-electron chi connectivity index (χ0n) is 26.2. The molecule has 0 radical (unpaired) electrons. The van der Waals surface area contributed by atoms with E-state index in [1.165, 1.54) is 25.6 Å². The Labute approximate surface area is 281 Å². The van der Waals surface area contributed by atoms with E-state index in [-0.39, 0.29) is 58.2 Å². The number of aromatic nitrogens is 3. The van der Waals surface area contributed by atoms with E-state index in [2.05, 4.69) is 41.5 Å². The van der Waals surface area contributed by atoms with Crippen LogP contribution in [-0.4, -0.2) is 59.0 Å². The van der Waals surface area contributed by atoms with Gasteiger partial charge in [0.25, 0.3) is 0 Å². The van der Waals surface area contributed by atoms with Crippen LogP contribution in [0.4, 0.5) is 20.3 Å². The fourth-order valence-electron chi connectivity index (χ4n) is 5.83. The van der Waals surface area contributed by atoms with Gasteiger partial charge in [-0.2, -0.15) is 0 Å². The first kappa shape index (κ1) is 33.2. The summed E-state index contributed by atoms with van der Waals surface area (Å²) in [6.45, 7) is 1.83. The summed E-state index contributed by atoms with van der Waals surface area (Å²) in [7, 11) is 1.53. The molecule has 0 bridgehead atoms. The van der Waals surface area contributed by atoms with E-state index in [0.717, 1.165) is 18.4 Å². The van der Waals surface area contributed by atoms with Crippen molar-refractivity contribution in [3.63, 3.8) is 0 Å². The van der Waals surface area contributed by atoms with Gasteiger partial charge in [0.05, 0.1) is 29.2 Å². The number of methoxy groups -OCH3 is 1. The molecule has 0 saturated carbocycles. The molecule has 6 rings (SSSR count). The molecule has 5 heterocycles. The predicted molar refractivity (Wildman–Crippen MR) is 178 cm³/mol. The molecule has 3 aromatic heterocycles. The molecule has 4 aromatic rings. The highest BCUT2D eigenvalue weighted by Gasteiger charge is 2.23. The molecule has 2 aliphatic heterocycles. The van der Waals surface area contributed by atoms with Crippen molar-refractivity contribution in [1.29, 1.82) is 0 Å². The van der Waals surface area contributed by atoms with Crippen molar-refractivity contribution in [1.82, 2.24) is 36.2 Å². The van der Waals surface area contributed by atoms with Crippen molar-refractivity contribution in [3.05, 3.63) is 82.6 Å². The average molecular weight is 677 g/mol. The number of nitrogens with zero attached hydrogens (tertiary/aromatic N) is 3. The minimum Gasteiger partial charge on any atom is -0.481 e. The van der Waals surface area contributed by atoms with E-state index in [9.17, 15) is 9.59 Å². The number of nitrogens with one attached hydrogen (secondary N) is 5. The van der Waals surface area contributed by atoms with Crippen LogP contribution in [0.1, 0.15) is 36.8 Å². The second kappa shape index (κ2) is 15.0. The lowest BCUT2D eigenvalue weighted by Crippen LogP contribution is -2.35. The molecule has 11 nitrogen and oxygen atoms in total. The normalized spacial score (nSPS) is 17.3. The number of benzene rings is 1. The minimum atomic E-state index is -0.684. The molecule has 2 aliphatic rings. The van der Waals surface area contributed by atoms with Gasteiger partial charge in [0.2, 0.25) is 17.7 Å². The molecule has 0 aliphatic carbocycles. The third-order valence-electron chi connectivity index (χ3n) is 8.36. The maximum Gasteiger partial charge on any atom is 0.220 e. The lowest BCUT2D eigenvalue weighted by atomic mass is 10.0. The fraction of sp³-hybridized carbons (Fsp3) is 0.324. The standard InChI is InChI=1S/C34H35ClF2N8O3/c1-48-34-20(16-39-18-22-7-10-28(47)43-22)5-8-25(45-34)23-12-14-40-32(29(23)35)24-3-2-4-26(31(24)37)44-33-30(36)19(11-13-41-33)15-38-17-21-6-9-27(46)42-21/h2-5,8,11-14,21-22,38-39H,6-7,9-10,15-18H2,1H3,(H,41,44)(H,42,46)(H,43,47)/t21-,22-/m0/s1. The third kappa shape index (κ3) is 7.53. The van der Waals surface area contributed by atoms with E-state index in [1.54, 1.807) is 30.3 Å². The lowest BCUT2D eigenvalue weighted by Gasteiger charge is -2.15. The number of pyridine rings is 3. The van der Waals surface area contributed by atoms with Crippen LogP contribution in [0.5, 0.6) is 5.88 Å². The number of anilines is 2. The van der Waals surface area contributed by atoms with Gasteiger partial charge in [0, 0.05) is 85.8 Å². The van der Waals surface area contributed by atoms with Gasteiger partial charge in [0.15, 0.2) is 17.5 Å². The average Bonchev–Trinajstić information content (AvgIpc) is 3.70. The molecule has 2 fully saturated rings. The summed E-state index contributed by atoms with van der Waals surface area (Å²) in [5.74, 6) is -0.954. The first-order valence-corrected chi connectivity index (χ1v) is 16.1. The third-order valence-corrected chi connectivity index (χ3v) is 8.74. The van der Waals surface area contributed by atoms with Crippen molar-refractivity contribution in [2.24, 2.45) is 0 Å². The number of carbonyl (C=O) groups excluding carboxylic acids is 2. The van der Waals surface area contributed by atoms with Gasteiger partial charge in [-0.1, -0.05) is 23.7 Å². The summed E-state index contributed by atoms with van der Waals surface area (Å²) >= 11 is 6.84. The highest BCUT2D eigenvalue weighted by atomic mass is 35.5. The first-order chi connectivity index (χ1) is 23.3. The Morgan fingerprint density at radius 1 is 0.854 bits per heavy atom. The summed E-state index contributed by atoms with van der Waals surface area (Å²) in [4.78, 5) is 36.0. The number of carbonyl (C=O) groups is 2. The molecule has 14 heteroatoms. The van der Waals surface area contributed by atoms with Crippen LogP contribution in [0.3, 0.4) is 0 Å². The number of hydrogen-bond acceptors (Lipinski definition) is 9. The summed E-state index contributed by atoms with van der Waals surface area (Å²) in [6.07, 6.45) is 5.52. The Hall–Kier alpha value is -4.72. The molecule has 2 atom stereocenters. The minimum absolute atomic E-state index is 0.00485. The molecule has 2 saturated heterocycles. The largest absolute Gasteiger partial charge is 0.481 e. The molecule has 250 valence electrons. The Bertz CT molecular complexity index is 1830. The Morgan fingerprint density at radius 3 is 2.21 bits per heavy atom. The number of hydrogen-bond donors (Lipinski definition) is 5. The number of halogens is 3. The molecule has 2 amide bonds. The monoisotopic (exact) mass is 676 g/mol. The van der Waals surface area contributed by atoms with Gasteiger partial charge in [-0.25, -0.2) is 18.7 Å². The Balaban J connectivity index is 1.17. The van der Waals surface area contributed by atoms with Crippen LogP contribution in [0.15, 0.2) is 54.9 Å². The summed E-state index contributed by atoms with van der Waals surface area (Å²) in [5.41, 5.74) is 2.49. The van der Waals surface area contributed by atoms with E-state index in [4.69, 9.17) is 16.3 Å². The predicted octanol–water partition coefficient (Wildman–Crippen LogP) is 4.63. The number of amides is 2. The van der Waals surface area contributed by atoms with Crippen LogP contribution in [0.2, 0.25) is 5.02 Å². The Kier molecular flexibility index (Phi) is 10.4. The van der Waals surface area contributed by atoms with Crippen LogP contribution >= 0.6 is 11.6 Å². The van der Waals surface area contributed by atoms with E-state index >= 15 is 8.78 Å². The highest BCUT2D eigenvalue weighted by Crippen LogP contribution is 2.38. The van der Waals surface area contributed by atoms with E-state index in [0.29, 0.717) is 55.2 Å². The van der Waals surface area contributed by atoms with Crippen LogP contribution in [0.25, 0.3) is 22.5 Å². The zero-order valence-corrected chi connectivity index (χ0v) is 27.0. The lowest BCUT2D eigenvalue weighted by molar-refractivity contribution is -0.120.